The van der Waals surface area contributed by atoms with E-state index in [1.807, 2.05) is 6.92 Å². The lowest BCUT2D eigenvalue weighted by Crippen LogP contribution is -2.31. The molecule has 0 saturated carbocycles. The van der Waals surface area contributed by atoms with Gasteiger partial charge in [0.05, 0.1) is 18.2 Å². The predicted octanol–water partition coefficient (Wildman–Crippen LogP) is 2.42. The minimum Gasteiger partial charge on any atom is -0.380 e. The first-order chi connectivity index (χ1) is 8.60. The van der Waals surface area contributed by atoms with Crippen molar-refractivity contribution in [2.45, 2.75) is 26.8 Å². The molecule has 0 radical (unpaired) electrons. The summed E-state index contributed by atoms with van der Waals surface area (Å²) in [6, 6.07) is 0.0645. The van der Waals surface area contributed by atoms with Crippen LogP contribution in [-0.2, 0) is 4.74 Å². The van der Waals surface area contributed by atoms with Gasteiger partial charge in [-0.2, -0.15) is 0 Å². The maximum Gasteiger partial charge on any atom is 0.156 e. The predicted molar refractivity (Wildman–Crippen MR) is 71.2 cm³/mol. The Labute approximate surface area is 112 Å². The number of hydrogen-bond donors (Lipinski definition) is 1. The van der Waals surface area contributed by atoms with Gasteiger partial charge in [0.15, 0.2) is 6.29 Å². The van der Waals surface area contributed by atoms with Gasteiger partial charge in [0.1, 0.15) is 17.3 Å². The minimum absolute atomic E-state index is 0.0645. The topological polar surface area (TPSA) is 64.1 Å². The number of anilines is 1. The van der Waals surface area contributed by atoms with Crippen molar-refractivity contribution in [2.75, 3.05) is 18.5 Å². The van der Waals surface area contributed by atoms with Crippen LogP contribution in [0, 0.1) is 5.92 Å². The molecule has 0 aromatic carbocycles. The first-order valence-corrected chi connectivity index (χ1v) is 6.27. The van der Waals surface area contributed by atoms with Crippen LogP contribution in [0.25, 0.3) is 0 Å². The molecule has 18 heavy (non-hydrogen) atoms. The first kappa shape index (κ1) is 14.9. The van der Waals surface area contributed by atoms with Crippen LogP contribution in [-0.4, -0.2) is 35.5 Å². The normalized spacial score (nSPS) is 12.5. The standard InChI is InChI=1S/C12H18ClN3O2/c1-4-18-6-10(8(2)3)16-12-9(5-17)11(13)14-7-15-12/h5,7-8,10H,4,6H2,1-3H3,(H,14,15,16). The number of aromatic nitrogens is 2. The van der Waals surface area contributed by atoms with Crippen LogP contribution < -0.4 is 5.32 Å². The van der Waals surface area contributed by atoms with E-state index in [0.717, 1.165) is 0 Å². The van der Waals surface area contributed by atoms with E-state index in [-0.39, 0.29) is 16.8 Å². The highest BCUT2D eigenvalue weighted by molar-refractivity contribution is 6.32. The van der Waals surface area contributed by atoms with E-state index in [1.165, 1.54) is 6.33 Å². The van der Waals surface area contributed by atoms with Gasteiger partial charge in [-0.05, 0) is 12.8 Å². The molecule has 0 aliphatic carbocycles. The van der Waals surface area contributed by atoms with Crippen molar-refractivity contribution in [3.8, 4) is 0 Å². The van der Waals surface area contributed by atoms with Gasteiger partial charge in [-0.1, -0.05) is 25.4 Å². The smallest absolute Gasteiger partial charge is 0.156 e. The third-order valence-corrected chi connectivity index (χ3v) is 2.88. The number of aldehydes is 1. The second-order valence-electron chi connectivity index (χ2n) is 4.20. The van der Waals surface area contributed by atoms with Gasteiger partial charge < -0.3 is 10.1 Å². The van der Waals surface area contributed by atoms with E-state index in [1.54, 1.807) is 0 Å². The molecule has 1 rings (SSSR count). The van der Waals surface area contributed by atoms with E-state index >= 15 is 0 Å². The van der Waals surface area contributed by atoms with Crippen LogP contribution in [0.4, 0.5) is 5.82 Å². The van der Waals surface area contributed by atoms with E-state index in [9.17, 15) is 4.79 Å². The minimum atomic E-state index is 0.0645. The molecule has 6 heteroatoms. The van der Waals surface area contributed by atoms with Crippen LogP contribution in [0.1, 0.15) is 31.1 Å². The number of nitrogens with zero attached hydrogens (tertiary/aromatic N) is 2. The van der Waals surface area contributed by atoms with Crippen LogP contribution >= 0.6 is 11.6 Å². The van der Waals surface area contributed by atoms with Crippen molar-refractivity contribution in [1.29, 1.82) is 0 Å². The molecule has 0 spiro atoms. The Bertz CT molecular complexity index is 399. The van der Waals surface area contributed by atoms with E-state index < -0.39 is 0 Å². The lowest BCUT2D eigenvalue weighted by Gasteiger charge is -2.23. The molecular weight excluding hydrogens is 254 g/mol. The zero-order valence-electron chi connectivity index (χ0n) is 10.8. The number of nitrogens with one attached hydrogen (secondary N) is 1. The summed E-state index contributed by atoms with van der Waals surface area (Å²) >= 11 is 5.84. The first-order valence-electron chi connectivity index (χ1n) is 5.90. The number of ether oxygens (including phenoxy) is 1. The third kappa shape index (κ3) is 3.92. The summed E-state index contributed by atoms with van der Waals surface area (Å²) in [6.45, 7) is 7.28. The number of halogens is 1. The van der Waals surface area contributed by atoms with Crippen LogP contribution in [0.5, 0.6) is 0 Å². The molecule has 0 fully saturated rings. The Morgan fingerprint density at radius 2 is 2.22 bits per heavy atom. The maximum atomic E-state index is 11.0. The molecule has 0 bridgehead atoms. The van der Waals surface area contributed by atoms with Crippen LogP contribution in [0.2, 0.25) is 5.15 Å². The van der Waals surface area contributed by atoms with Crippen molar-refractivity contribution in [3.05, 3.63) is 17.0 Å². The van der Waals surface area contributed by atoms with Gasteiger partial charge in [0.25, 0.3) is 0 Å². The molecular formula is C12H18ClN3O2. The highest BCUT2D eigenvalue weighted by atomic mass is 35.5. The summed E-state index contributed by atoms with van der Waals surface area (Å²) in [6.07, 6.45) is 1.98. The van der Waals surface area contributed by atoms with Crippen molar-refractivity contribution in [1.82, 2.24) is 9.97 Å². The quantitative estimate of drug-likeness (QED) is 0.609. The fourth-order valence-corrected chi connectivity index (χ4v) is 1.59. The fourth-order valence-electron chi connectivity index (χ4n) is 1.41. The molecule has 1 aromatic heterocycles. The molecule has 0 aliphatic rings. The summed E-state index contributed by atoms with van der Waals surface area (Å²) in [7, 11) is 0. The van der Waals surface area contributed by atoms with Gasteiger partial charge >= 0.3 is 0 Å². The zero-order valence-corrected chi connectivity index (χ0v) is 11.6. The fraction of sp³-hybridized carbons (Fsp3) is 0.583. The van der Waals surface area contributed by atoms with Gasteiger partial charge in [0, 0.05) is 6.61 Å². The highest BCUT2D eigenvalue weighted by Crippen LogP contribution is 2.19. The number of hydrogen-bond acceptors (Lipinski definition) is 5. The van der Waals surface area contributed by atoms with E-state index in [2.05, 4.69) is 29.1 Å². The molecule has 1 N–H and O–H groups in total. The summed E-state index contributed by atoms with van der Waals surface area (Å²) in [5.74, 6) is 0.785. The molecule has 1 aromatic rings. The van der Waals surface area contributed by atoms with Crippen LogP contribution in [0.3, 0.4) is 0 Å². The highest BCUT2D eigenvalue weighted by Gasteiger charge is 2.17. The van der Waals surface area contributed by atoms with Crippen LogP contribution in [0.15, 0.2) is 6.33 Å². The molecule has 1 atom stereocenters. The van der Waals surface area contributed by atoms with Gasteiger partial charge in [-0.15, -0.1) is 0 Å². The Balaban J connectivity index is 2.86. The van der Waals surface area contributed by atoms with Gasteiger partial charge in [-0.25, -0.2) is 9.97 Å². The monoisotopic (exact) mass is 271 g/mol. The zero-order chi connectivity index (χ0) is 13.5. The third-order valence-electron chi connectivity index (χ3n) is 2.58. The summed E-state index contributed by atoms with van der Waals surface area (Å²) in [5.41, 5.74) is 0.279. The average molecular weight is 272 g/mol. The number of carbonyl (C=O) groups is 1. The molecule has 5 nitrogen and oxygen atoms in total. The Kier molecular flexibility index (Phi) is 6.01. The van der Waals surface area contributed by atoms with Crippen molar-refractivity contribution >= 4 is 23.7 Å². The van der Waals surface area contributed by atoms with Gasteiger partial charge in [-0.3, -0.25) is 4.79 Å². The van der Waals surface area contributed by atoms with E-state index in [4.69, 9.17) is 16.3 Å². The van der Waals surface area contributed by atoms with Crippen molar-refractivity contribution in [3.63, 3.8) is 0 Å². The Morgan fingerprint density at radius 3 is 2.78 bits per heavy atom. The number of carbonyl (C=O) groups excluding carboxylic acids is 1. The van der Waals surface area contributed by atoms with E-state index in [0.29, 0.717) is 31.2 Å². The summed E-state index contributed by atoms with van der Waals surface area (Å²) in [5, 5.41) is 3.34. The SMILES string of the molecule is CCOCC(Nc1ncnc(Cl)c1C=O)C(C)C. The Morgan fingerprint density at radius 1 is 1.50 bits per heavy atom. The molecule has 100 valence electrons. The molecule has 0 saturated heterocycles. The molecule has 1 unspecified atom stereocenters. The second-order valence-corrected chi connectivity index (χ2v) is 4.56. The summed E-state index contributed by atoms with van der Waals surface area (Å²) in [4.78, 5) is 18.8. The Hall–Kier alpha value is -1.20. The molecule has 0 aliphatic heterocycles. The second kappa shape index (κ2) is 7.28. The number of rotatable bonds is 7. The lowest BCUT2D eigenvalue weighted by molar-refractivity contribution is 0.112. The lowest BCUT2D eigenvalue weighted by atomic mass is 10.1. The molecule has 1 heterocycles. The average Bonchev–Trinajstić information content (AvgIpc) is 2.34. The van der Waals surface area contributed by atoms with Gasteiger partial charge in [0.2, 0.25) is 0 Å². The summed E-state index contributed by atoms with van der Waals surface area (Å²) < 4.78 is 5.41. The molecule has 0 amide bonds. The van der Waals surface area contributed by atoms with Crippen molar-refractivity contribution in [2.24, 2.45) is 5.92 Å². The largest absolute Gasteiger partial charge is 0.380 e. The van der Waals surface area contributed by atoms with Crippen molar-refractivity contribution < 1.29 is 9.53 Å². The maximum absolute atomic E-state index is 11.0.